The summed E-state index contributed by atoms with van der Waals surface area (Å²) in [5.41, 5.74) is 5.82. The molecular formula is C47H88N6. The van der Waals surface area contributed by atoms with Crippen LogP contribution in [-0.2, 0) is 6.42 Å². The van der Waals surface area contributed by atoms with Crippen molar-refractivity contribution in [1.82, 2.24) is 25.6 Å². The van der Waals surface area contributed by atoms with Crippen molar-refractivity contribution in [3.63, 3.8) is 0 Å². The summed E-state index contributed by atoms with van der Waals surface area (Å²) in [6, 6.07) is 14.6. The largest absolute Gasteiger partial charge is 0.372 e. The van der Waals surface area contributed by atoms with Crippen LogP contribution in [0, 0.1) is 25.7 Å². The Kier molecular flexibility index (Phi) is 49.5. The van der Waals surface area contributed by atoms with E-state index in [0.29, 0.717) is 5.92 Å². The first-order valence-electron chi connectivity index (χ1n) is 20.6. The Labute approximate surface area is 331 Å². The first-order valence-corrected chi connectivity index (χ1v) is 20.6. The lowest BCUT2D eigenvalue weighted by Crippen LogP contribution is -2.19. The van der Waals surface area contributed by atoms with Crippen LogP contribution in [0.1, 0.15) is 163 Å². The zero-order chi connectivity index (χ0) is 42.0. The van der Waals surface area contributed by atoms with Gasteiger partial charge in [-0.2, -0.15) is 0 Å². The number of hydrogen-bond acceptors (Lipinski definition) is 6. The molecule has 3 N–H and O–H groups in total. The average molecular weight is 737 g/mol. The van der Waals surface area contributed by atoms with Crippen LogP contribution in [0.2, 0.25) is 0 Å². The summed E-state index contributed by atoms with van der Waals surface area (Å²) < 4.78 is 0. The fraction of sp³-hybridized carbons (Fsp3) is 0.596. The van der Waals surface area contributed by atoms with Gasteiger partial charge in [-0.3, -0.25) is 4.98 Å². The van der Waals surface area contributed by atoms with Crippen LogP contribution in [0.25, 0.3) is 6.08 Å². The van der Waals surface area contributed by atoms with Gasteiger partial charge >= 0.3 is 0 Å². The molecule has 2 heterocycles. The van der Waals surface area contributed by atoms with Crippen molar-refractivity contribution in [2.75, 3.05) is 26.0 Å². The topological polar surface area (TPSA) is 74.8 Å². The molecule has 3 aromatic rings. The summed E-state index contributed by atoms with van der Waals surface area (Å²) in [4.78, 5) is 12.7. The zero-order valence-corrected chi connectivity index (χ0v) is 38.2. The lowest BCUT2D eigenvalue weighted by Gasteiger charge is -2.17. The Morgan fingerprint density at radius 1 is 0.774 bits per heavy atom. The summed E-state index contributed by atoms with van der Waals surface area (Å²) in [6.07, 6.45) is 12.8. The molecule has 1 aromatic carbocycles. The van der Waals surface area contributed by atoms with E-state index >= 15 is 0 Å². The smallest absolute Gasteiger partial charge is 0.138 e. The van der Waals surface area contributed by atoms with Crippen molar-refractivity contribution in [3.8, 4) is 0 Å². The molecule has 2 unspecified atom stereocenters. The summed E-state index contributed by atoms with van der Waals surface area (Å²) in [5.74, 6) is 3.87. The predicted octanol–water partition coefficient (Wildman–Crippen LogP) is 13.8. The number of pyridine rings is 1. The fourth-order valence-corrected chi connectivity index (χ4v) is 4.03. The number of anilines is 1. The van der Waals surface area contributed by atoms with E-state index in [-0.39, 0.29) is 0 Å². The second kappa shape index (κ2) is 44.7. The molecule has 0 aliphatic rings. The Bertz CT molecular complexity index is 1170. The van der Waals surface area contributed by atoms with E-state index in [1.165, 1.54) is 48.9 Å². The third-order valence-corrected chi connectivity index (χ3v) is 7.80. The van der Waals surface area contributed by atoms with Gasteiger partial charge in [-0.25, -0.2) is 9.97 Å². The van der Waals surface area contributed by atoms with E-state index in [2.05, 4.69) is 123 Å². The molecule has 0 aliphatic heterocycles. The number of hydrogen-bond donors (Lipinski definition) is 3. The molecule has 0 amide bonds. The molecule has 0 bridgehead atoms. The maximum Gasteiger partial charge on any atom is 0.138 e. The average Bonchev–Trinajstić information content (AvgIpc) is 3.20. The zero-order valence-electron chi connectivity index (χ0n) is 38.2. The van der Waals surface area contributed by atoms with Crippen LogP contribution in [0.3, 0.4) is 0 Å². The van der Waals surface area contributed by atoms with Gasteiger partial charge in [0.1, 0.15) is 12.1 Å². The fourth-order valence-electron chi connectivity index (χ4n) is 4.03. The van der Waals surface area contributed by atoms with Gasteiger partial charge in [0.05, 0.1) is 5.82 Å². The van der Waals surface area contributed by atoms with Gasteiger partial charge in [0.15, 0.2) is 0 Å². The molecule has 0 fully saturated rings. The van der Waals surface area contributed by atoms with Gasteiger partial charge in [-0.05, 0) is 82.7 Å². The van der Waals surface area contributed by atoms with Crippen LogP contribution in [0.5, 0.6) is 0 Å². The predicted molar refractivity (Wildman–Crippen MR) is 244 cm³/mol. The van der Waals surface area contributed by atoms with Crippen molar-refractivity contribution in [1.29, 1.82) is 0 Å². The third-order valence-electron chi connectivity index (χ3n) is 7.80. The monoisotopic (exact) mass is 737 g/mol. The van der Waals surface area contributed by atoms with Crippen molar-refractivity contribution < 1.29 is 0 Å². The van der Waals surface area contributed by atoms with Gasteiger partial charge in [0, 0.05) is 29.7 Å². The Morgan fingerprint density at radius 2 is 1.32 bits per heavy atom. The number of benzene rings is 1. The lowest BCUT2D eigenvalue weighted by atomic mass is 9.89. The van der Waals surface area contributed by atoms with E-state index in [9.17, 15) is 0 Å². The minimum Gasteiger partial charge on any atom is -0.372 e. The highest BCUT2D eigenvalue weighted by Gasteiger charge is 2.10. The number of nitrogens with one attached hydrogen (secondary N) is 3. The molecular weight excluding hydrogens is 649 g/mol. The molecule has 6 heteroatoms. The number of aryl methyl sites for hydroxylation is 2. The molecule has 2 aromatic heterocycles. The SMILES string of the molecule is C=C(NCC)Nc1ncnc(C)c1C.C=Cc1cccnc1CCCC(C)C(C)CC.CC.CC.CC.CC(C)c1ccccc1.CCCC.CNC. The summed E-state index contributed by atoms with van der Waals surface area (Å²) in [7, 11) is 3.75. The first kappa shape index (κ1) is 58.8. The van der Waals surface area contributed by atoms with E-state index < -0.39 is 0 Å². The van der Waals surface area contributed by atoms with Gasteiger partial charge in [-0.1, -0.05) is 171 Å². The van der Waals surface area contributed by atoms with Crippen LogP contribution in [-0.4, -0.2) is 35.6 Å². The summed E-state index contributed by atoms with van der Waals surface area (Å²) in [5, 5.41) is 8.92. The van der Waals surface area contributed by atoms with Crippen LogP contribution in [0.4, 0.5) is 5.82 Å². The standard InChI is InChI=1S/C16H25N.C10H16N4.C9H12.C4H10.C2H7N.3C2H6/c1-5-13(3)14(4)9-7-11-16-15(6-2)10-8-12-17-16;1-5-11-9(4)14-10-7(2)8(3)12-6-13-10;1-8(2)9-6-4-3-5-7-9;1-3-4-2;1-3-2;3*1-2/h6,8,10,12-14H,2,5,7,9,11H2,1,3-4H3;6,11H,4-5H2,1-3H3,(H,12,13,14);3-8H,1-2H3;3-4H2,1-2H3;3H,1-2H3;3*1-2H3. The Morgan fingerprint density at radius 3 is 1.75 bits per heavy atom. The van der Waals surface area contributed by atoms with E-state index in [1.807, 2.05) is 101 Å². The number of nitrogens with zero attached hydrogens (tertiary/aromatic N) is 3. The lowest BCUT2D eigenvalue weighted by molar-refractivity contribution is 0.347. The van der Waals surface area contributed by atoms with Gasteiger partial charge in [-0.15, -0.1) is 0 Å². The second-order valence-electron chi connectivity index (χ2n) is 12.1. The molecule has 0 saturated heterocycles. The molecule has 0 aliphatic carbocycles. The minimum atomic E-state index is 0.659. The second-order valence-corrected chi connectivity index (χ2v) is 12.1. The molecule has 3 rings (SSSR count). The molecule has 0 spiro atoms. The molecule has 6 nitrogen and oxygen atoms in total. The Hall–Kier alpha value is -3.51. The molecule has 2 atom stereocenters. The first-order chi connectivity index (χ1) is 25.5. The highest BCUT2D eigenvalue weighted by Crippen LogP contribution is 2.21. The van der Waals surface area contributed by atoms with Crippen LogP contribution >= 0.6 is 0 Å². The van der Waals surface area contributed by atoms with Gasteiger partial charge in [0.2, 0.25) is 0 Å². The molecule has 53 heavy (non-hydrogen) atoms. The molecule has 306 valence electrons. The van der Waals surface area contributed by atoms with Crippen molar-refractivity contribution in [3.05, 3.63) is 102 Å². The van der Waals surface area contributed by atoms with Crippen molar-refractivity contribution >= 4 is 11.9 Å². The van der Waals surface area contributed by atoms with E-state index in [4.69, 9.17) is 0 Å². The molecule has 0 radical (unpaired) electrons. The number of aromatic nitrogens is 3. The quantitative estimate of drug-likeness (QED) is 0.162. The summed E-state index contributed by atoms with van der Waals surface area (Å²) in [6.45, 7) is 42.2. The molecule has 0 saturated carbocycles. The highest BCUT2D eigenvalue weighted by atomic mass is 15.1. The highest BCUT2D eigenvalue weighted by molar-refractivity contribution is 5.49. The van der Waals surface area contributed by atoms with E-state index in [1.54, 1.807) is 6.33 Å². The van der Waals surface area contributed by atoms with E-state index in [0.717, 1.165) is 47.7 Å². The maximum atomic E-state index is 4.44. The summed E-state index contributed by atoms with van der Waals surface area (Å²) >= 11 is 0. The van der Waals surface area contributed by atoms with Crippen molar-refractivity contribution in [2.24, 2.45) is 11.8 Å². The Balaban J connectivity index is -0.000000191. The van der Waals surface area contributed by atoms with Gasteiger partial charge < -0.3 is 16.0 Å². The minimum absolute atomic E-state index is 0.659. The third kappa shape index (κ3) is 34.0. The number of rotatable bonds is 13. The van der Waals surface area contributed by atoms with Gasteiger partial charge in [0.25, 0.3) is 0 Å². The number of unbranched alkanes of at least 4 members (excludes halogenated alkanes) is 1. The normalized spacial score (nSPS) is 10.1. The van der Waals surface area contributed by atoms with Crippen LogP contribution in [0.15, 0.2) is 74.0 Å². The van der Waals surface area contributed by atoms with Crippen molar-refractivity contribution in [2.45, 2.75) is 155 Å². The van der Waals surface area contributed by atoms with Crippen LogP contribution < -0.4 is 16.0 Å². The maximum absolute atomic E-state index is 4.44.